The van der Waals surface area contributed by atoms with Crippen LogP contribution in [0.4, 0.5) is 15.8 Å². The first-order valence-electron chi connectivity index (χ1n) is 4.62. The van der Waals surface area contributed by atoms with Crippen LogP contribution in [0.15, 0.2) is 12.1 Å². The van der Waals surface area contributed by atoms with Crippen LogP contribution in [0, 0.1) is 5.82 Å². The van der Waals surface area contributed by atoms with Crippen molar-refractivity contribution in [1.82, 2.24) is 0 Å². The molecule has 0 bridgehead atoms. The highest BCUT2D eigenvalue weighted by Crippen LogP contribution is 2.34. The number of nitrogen functional groups attached to an aromatic ring is 1. The smallest absolute Gasteiger partial charge is 0.228 e. The molecule has 1 unspecified atom stereocenters. The van der Waals surface area contributed by atoms with Crippen molar-refractivity contribution in [2.24, 2.45) is 0 Å². The number of rotatable bonds is 0. The summed E-state index contributed by atoms with van der Waals surface area (Å²) in [4.78, 5) is 11.3. The number of hydrogen-bond donors (Lipinski definition) is 2. The molecule has 1 aliphatic rings. The van der Waals surface area contributed by atoms with Crippen LogP contribution in [0.5, 0.6) is 5.75 Å². The first kappa shape index (κ1) is 9.76. The molecule has 3 N–H and O–H groups in total. The molecule has 1 heterocycles. The van der Waals surface area contributed by atoms with Gasteiger partial charge in [-0.2, -0.15) is 0 Å². The van der Waals surface area contributed by atoms with Crippen molar-refractivity contribution in [2.75, 3.05) is 11.1 Å². The van der Waals surface area contributed by atoms with Crippen LogP contribution in [0.1, 0.15) is 13.3 Å². The van der Waals surface area contributed by atoms with Gasteiger partial charge in [0.2, 0.25) is 5.91 Å². The molecule has 1 aromatic rings. The zero-order chi connectivity index (χ0) is 11.0. The molecule has 2 rings (SSSR count). The fraction of sp³-hybridized carbons (Fsp3) is 0.300. The van der Waals surface area contributed by atoms with E-state index in [1.807, 2.05) is 0 Å². The quantitative estimate of drug-likeness (QED) is 0.638. The number of fused-ring (bicyclic) bond motifs is 1. The molecule has 15 heavy (non-hydrogen) atoms. The number of ether oxygens (including phenoxy) is 1. The van der Waals surface area contributed by atoms with Gasteiger partial charge in [0.05, 0.1) is 12.1 Å². The van der Waals surface area contributed by atoms with Crippen molar-refractivity contribution in [2.45, 2.75) is 19.4 Å². The van der Waals surface area contributed by atoms with E-state index < -0.39 is 5.82 Å². The summed E-state index contributed by atoms with van der Waals surface area (Å²) in [5.74, 6) is -0.597. The lowest BCUT2D eigenvalue weighted by atomic mass is 10.2. The van der Waals surface area contributed by atoms with Gasteiger partial charge in [0, 0.05) is 0 Å². The molecular formula is C10H11FN2O2. The highest BCUT2D eigenvalue weighted by molar-refractivity contribution is 5.94. The maximum absolute atomic E-state index is 13.5. The first-order chi connectivity index (χ1) is 7.08. The average Bonchev–Trinajstić information content (AvgIpc) is 2.30. The van der Waals surface area contributed by atoms with Crippen LogP contribution >= 0.6 is 0 Å². The normalized spacial score (nSPS) is 19.9. The van der Waals surface area contributed by atoms with Gasteiger partial charge < -0.3 is 15.8 Å². The van der Waals surface area contributed by atoms with Crippen molar-refractivity contribution in [3.05, 3.63) is 17.9 Å². The minimum absolute atomic E-state index is 0.00722. The Morgan fingerprint density at radius 3 is 3.07 bits per heavy atom. The predicted molar refractivity (Wildman–Crippen MR) is 54.1 cm³/mol. The lowest BCUT2D eigenvalue weighted by Crippen LogP contribution is -2.17. The molecule has 0 aliphatic carbocycles. The van der Waals surface area contributed by atoms with Gasteiger partial charge in [-0.05, 0) is 19.1 Å². The van der Waals surface area contributed by atoms with E-state index in [4.69, 9.17) is 10.5 Å². The molecule has 1 atom stereocenters. The van der Waals surface area contributed by atoms with E-state index >= 15 is 0 Å². The number of nitrogens with two attached hydrogens (primary N) is 1. The van der Waals surface area contributed by atoms with E-state index in [0.29, 0.717) is 5.75 Å². The third-order valence-electron chi connectivity index (χ3n) is 2.20. The zero-order valence-corrected chi connectivity index (χ0v) is 8.21. The molecule has 0 saturated carbocycles. The number of anilines is 2. The lowest BCUT2D eigenvalue weighted by Gasteiger charge is -2.11. The minimum atomic E-state index is -0.644. The Kier molecular flexibility index (Phi) is 2.22. The number of hydrogen-bond acceptors (Lipinski definition) is 3. The van der Waals surface area contributed by atoms with E-state index in [-0.39, 0.29) is 29.8 Å². The van der Waals surface area contributed by atoms with E-state index in [1.54, 1.807) is 13.0 Å². The molecule has 0 radical (unpaired) electrons. The number of benzene rings is 1. The summed E-state index contributed by atoms with van der Waals surface area (Å²) in [5, 5.41) is 2.44. The van der Waals surface area contributed by atoms with Crippen LogP contribution in [-0.2, 0) is 4.79 Å². The Morgan fingerprint density at radius 2 is 2.33 bits per heavy atom. The molecule has 80 valence electrons. The van der Waals surface area contributed by atoms with Crippen LogP contribution in [0.25, 0.3) is 0 Å². The van der Waals surface area contributed by atoms with Gasteiger partial charge in [0.1, 0.15) is 17.5 Å². The zero-order valence-electron chi connectivity index (χ0n) is 8.21. The minimum Gasteiger partial charge on any atom is -0.488 e. The Labute approximate surface area is 86.2 Å². The summed E-state index contributed by atoms with van der Waals surface area (Å²) < 4.78 is 18.9. The van der Waals surface area contributed by atoms with Crippen molar-refractivity contribution in [3.63, 3.8) is 0 Å². The molecule has 0 saturated heterocycles. The second kappa shape index (κ2) is 3.42. The monoisotopic (exact) mass is 210 g/mol. The second-order valence-electron chi connectivity index (χ2n) is 3.52. The number of nitrogens with one attached hydrogen (secondary N) is 1. The lowest BCUT2D eigenvalue weighted by molar-refractivity contribution is -0.117. The number of halogens is 1. The topological polar surface area (TPSA) is 64.4 Å². The molecule has 0 spiro atoms. The summed E-state index contributed by atoms with van der Waals surface area (Å²) in [5.41, 5.74) is 5.42. The first-order valence-corrected chi connectivity index (χ1v) is 4.62. The molecule has 0 fully saturated rings. The third-order valence-corrected chi connectivity index (χ3v) is 2.20. The molecule has 1 aliphatic heterocycles. The van der Waals surface area contributed by atoms with E-state index in [0.717, 1.165) is 0 Å². The highest BCUT2D eigenvalue weighted by atomic mass is 19.1. The standard InChI is InChI=1S/C10H11FN2O2/c1-5-4-8(14)13-10-7(15-5)3-2-6(12)9(10)11/h2-3,5H,4,12H2,1H3,(H,13,14). The van der Waals surface area contributed by atoms with Crippen LogP contribution < -0.4 is 15.8 Å². The summed E-state index contributed by atoms with van der Waals surface area (Å²) in [7, 11) is 0. The Bertz CT molecular complexity index is 420. The largest absolute Gasteiger partial charge is 0.488 e. The maximum atomic E-state index is 13.5. The molecular weight excluding hydrogens is 199 g/mol. The SMILES string of the molecule is CC1CC(=O)Nc2c(ccc(N)c2F)O1. The number of carbonyl (C=O) groups is 1. The molecule has 5 heteroatoms. The summed E-state index contributed by atoms with van der Waals surface area (Å²) >= 11 is 0. The van der Waals surface area contributed by atoms with Crippen molar-refractivity contribution >= 4 is 17.3 Å². The third kappa shape index (κ3) is 1.72. The van der Waals surface area contributed by atoms with Gasteiger partial charge in [-0.15, -0.1) is 0 Å². The Morgan fingerprint density at radius 1 is 1.60 bits per heavy atom. The van der Waals surface area contributed by atoms with E-state index in [9.17, 15) is 9.18 Å². The van der Waals surface area contributed by atoms with Gasteiger partial charge >= 0.3 is 0 Å². The Balaban J connectivity index is 2.51. The van der Waals surface area contributed by atoms with Crippen molar-refractivity contribution in [1.29, 1.82) is 0 Å². The number of carbonyl (C=O) groups excluding carboxylic acids is 1. The van der Waals surface area contributed by atoms with Gasteiger partial charge in [-0.1, -0.05) is 0 Å². The fourth-order valence-corrected chi connectivity index (χ4v) is 1.50. The van der Waals surface area contributed by atoms with Crippen LogP contribution in [0.3, 0.4) is 0 Å². The summed E-state index contributed by atoms with van der Waals surface area (Å²) in [6, 6.07) is 2.97. The second-order valence-corrected chi connectivity index (χ2v) is 3.52. The van der Waals surface area contributed by atoms with Crippen LogP contribution in [-0.4, -0.2) is 12.0 Å². The fourth-order valence-electron chi connectivity index (χ4n) is 1.50. The van der Waals surface area contributed by atoms with E-state index in [1.165, 1.54) is 6.07 Å². The average molecular weight is 210 g/mol. The van der Waals surface area contributed by atoms with Gasteiger partial charge in [0.25, 0.3) is 0 Å². The van der Waals surface area contributed by atoms with E-state index in [2.05, 4.69) is 5.32 Å². The Hall–Kier alpha value is -1.78. The summed E-state index contributed by atoms with van der Waals surface area (Å²) in [6.07, 6.45) is -0.0668. The molecule has 1 aromatic carbocycles. The molecule has 4 nitrogen and oxygen atoms in total. The van der Waals surface area contributed by atoms with Gasteiger partial charge in [-0.3, -0.25) is 4.79 Å². The summed E-state index contributed by atoms with van der Waals surface area (Å²) in [6.45, 7) is 1.75. The van der Waals surface area contributed by atoms with Gasteiger partial charge in [0.15, 0.2) is 5.82 Å². The number of amides is 1. The van der Waals surface area contributed by atoms with Gasteiger partial charge in [-0.25, -0.2) is 4.39 Å². The van der Waals surface area contributed by atoms with Crippen molar-refractivity contribution in [3.8, 4) is 5.75 Å². The maximum Gasteiger partial charge on any atom is 0.228 e. The highest BCUT2D eigenvalue weighted by Gasteiger charge is 2.22. The molecule has 0 aromatic heterocycles. The van der Waals surface area contributed by atoms with Crippen molar-refractivity contribution < 1.29 is 13.9 Å². The molecule has 1 amide bonds. The predicted octanol–water partition coefficient (Wildman–Crippen LogP) is 1.52. The van der Waals surface area contributed by atoms with Crippen LogP contribution in [0.2, 0.25) is 0 Å².